The van der Waals surface area contributed by atoms with Gasteiger partial charge in [-0.15, -0.1) is 0 Å². The molecule has 0 aromatic heterocycles. The lowest BCUT2D eigenvalue weighted by Gasteiger charge is -2.26. The molecule has 0 aliphatic heterocycles. The van der Waals surface area contributed by atoms with Crippen LogP contribution in [0.15, 0.2) is 0 Å². The van der Waals surface area contributed by atoms with Gasteiger partial charge in [0.1, 0.15) is 12.6 Å². The van der Waals surface area contributed by atoms with Gasteiger partial charge in [0.15, 0.2) is 0 Å². The molecule has 2 unspecified atom stereocenters. The van der Waals surface area contributed by atoms with Crippen molar-refractivity contribution in [2.45, 2.75) is 13.0 Å². The highest BCUT2D eigenvalue weighted by molar-refractivity contribution is 7.31. The molecule has 0 saturated carbocycles. The number of hydrogen-bond acceptors (Lipinski definition) is 1. The third-order valence-corrected chi connectivity index (χ3v) is 1.76. The molecule has 0 heterocycles. The van der Waals surface area contributed by atoms with E-state index in [9.17, 15) is 0 Å². The van der Waals surface area contributed by atoms with E-state index in [1.165, 1.54) is 0 Å². The Bertz CT molecular complexity index is 90.1. The molecule has 0 aliphatic rings. The monoisotopic (exact) mass is 164 g/mol. The first-order valence-electron chi connectivity index (χ1n) is 3.58. The number of nitrogens with zero attached hydrogens (tertiary/aromatic N) is 1. The van der Waals surface area contributed by atoms with Crippen LogP contribution in [-0.4, -0.2) is 44.9 Å². The van der Waals surface area contributed by atoms with Crippen LogP contribution < -0.4 is 0 Å². The summed E-state index contributed by atoms with van der Waals surface area (Å²) in [5.74, 6) is 0. The second kappa shape index (κ2) is 4.27. The van der Waals surface area contributed by atoms with Crippen molar-refractivity contribution in [1.29, 1.82) is 0 Å². The molecule has 0 aromatic rings. The Hall–Kier alpha value is 0.350. The van der Waals surface area contributed by atoms with E-state index in [2.05, 4.69) is 34.7 Å². The molecule has 2 atom stereocenters. The van der Waals surface area contributed by atoms with Crippen LogP contribution in [-0.2, 0) is 4.52 Å². The van der Waals surface area contributed by atoms with Crippen LogP contribution >= 0.6 is 8.81 Å². The summed E-state index contributed by atoms with van der Waals surface area (Å²) in [5.41, 5.74) is 0. The summed E-state index contributed by atoms with van der Waals surface area (Å²) in [7, 11) is 7.15. The fraction of sp³-hybridized carbons (Fsp3) is 1.00. The van der Waals surface area contributed by atoms with E-state index >= 15 is 0 Å². The van der Waals surface area contributed by atoms with Crippen LogP contribution in [0.5, 0.6) is 0 Å². The first-order valence-corrected chi connectivity index (χ1v) is 4.99. The lowest BCUT2D eigenvalue weighted by atomic mass is 10.3. The summed E-state index contributed by atoms with van der Waals surface area (Å²) in [6, 6.07) is 0. The minimum absolute atomic E-state index is 0.392. The smallest absolute Gasteiger partial charge is 0.107 e. The van der Waals surface area contributed by atoms with Crippen molar-refractivity contribution in [3.63, 3.8) is 0 Å². The third-order valence-electron chi connectivity index (χ3n) is 1.12. The largest absolute Gasteiger partial charge is 0.354 e. The molecule has 0 amide bonds. The zero-order chi connectivity index (χ0) is 8.20. The van der Waals surface area contributed by atoms with E-state index in [4.69, 9.17) is 4.52 Å². The molecule has 2 nitrogen and oxygen atoms in total. The maximum atomic E-state index is 5.43. The average molecular weight is 164 g/mol. The predicted octanol–water partition coefficient (Wildman–Crippen LogP) is 1.32. The van der Waals surface area contributed by atoms with Gasteiger partial charge < -0.3 is 9.01 Å². The van der Waals surface area contributed by atoms with Crippen molar-refractivity contribution in [1.82, 2.24) is 0 Å². The molecule has 0 aliphatic carbocycles. The van der Waals surface area contributed by atoms with E-state index in [0.29, 0.717) is 14.9 Å². The van der Waals surface area contributed by atoms with Crippen LogP contribution in [0.1, 0.15) is 6.92 Å². The summed E-state index contributed by atoms with van der Waals surface area (Å²) in [6.45, 7) is 5.27. The molecule has 0 saturated heterocycles. The van der Waals surface area contributed by atoms with Gasteiger partial charge in [0.05, 0.1) is 21.1 Å². The van der Waals surface area contributed by atoms with Gasteiger partial charge in [-0.05, 0) is 13.6 Å². The van der Waals surface area contributed by atoms with E-state index in [0.717, 1.165) is 11.0 Å². The second-order valence-corrected chi connectivity index (χ2v) is 4.25. The van der Waals surface area contributed by atoms with Crippen molar-refractivity contribution in [2.75, 3.05) is 34.4 Å². The molecular weight excluding hydrogens is 145 g/mol. The molecule has 62 valence electrons. The second-order valence-electron chi connectivity index (χ2n) is 3.61. The van der Waals surface area contributed by atoms with Crippen molar-refractivity contribution in [3.8, 4) is 0 Å². The molecular formula is C7H19NOP+. The Balaban J connectivity index is 3.47. The number of hydrogen-bond donors (Lipinski definition) is 0. The topological polar surface area (TPSA) is 9.23 Å². The highest BCUT2D eigenvalue weighted by atomic mass is 31.1. The first kappa shape index (κ1) is 10.3. The van der Waals surface area contributed by atoms with Crippen molar-refractivity contribution in [3.05, 3.63) is 0 Å². The maximum absolute atomic E-state index is 5.43. The van der Waals surface area contributed by atoms with Gasteiger partial charge in [-0.3, -0.25) is 0 Å². The average Bonchev–Trinajstić information content (AvgIpc) is 1.59. The third kappa shape index (κ3) is 6.47. The van der Waals surface area contributed by atoms with Gasteiger partial charge >= 0.3 is 0 Å². The Labute approximate surface area is 66.0 Å². The van der Waals surface area contributed by atoms with Gasteiger partial charge in [-0.25, -0.2) is 0 Å². The molecule has 0 radical (unpaired) electrons. The van der Waals surface area contributed by atoms with Gasteiger partial charge in [0.2, 0.25) is 0 Å². The fourth-order valence-electron chi connectivity index (χ4n) is 1.01. The lowest BCUT2D eigenvalue weighted by molar-refractivity contribution is -0.873. The van der Waals surface area contributed by atoms with Crippen LogP contribution in [0.4, 0.5) is 0 Å². The minimum Gasteiger partial charge on any atom is -0.354 e. The van der Waals surface area contributed by atoms with Gasteiger partial charge in [0.25, 0.3) is 0 Å². The molecule has 3 heteroatoms. The maximum Gasteiger partial charge on any atom is 0.107 e. The first-order chi connectivity index (χ1) is 4.45. The summed E-state index contributed by atoms with van der Waals surface area (Å²) in [6.07, 6.45) is 0.392. The standard InChI is InChI=1S/C7H19NOP/c1-7(9-10-5)6-8(2,3)4/h7,10H,6H2,1-5H3/q+1. The molecule has 10 heavy (non-hydrogen) atoms. The number of quaternary nitrogens is 1. The Morgan fingerprint density at radius 2 is 1.90 bits per heavy atom. The van der Waals surface area contributed by atoms with Gasteiger partial charge in [-0.1, -0.05) is 0 Å². The van der Waals surface area contributed by atoms with E-state index < -0.39 is 0 Å². The molecule has 0 spiro atoms. The molecule has 0 fully saturated rings. The highest BCUT2D eigenvalue weighted by Gasteiger charge is 2.12. The minimum atomic E-state index is 0.392. The Morgan fingerprint density at radius 3 is 2.20 bits per heavy atom. The van der Waals surface area contributed by atoms with E-state index in [-0.39, 0.29) is 0 Å². The lowest BCUT2D eigenvalue weighted by Crippen LogP contribution is -2.40. The Kier molecular flexibility index (Phi) is 4.42. The summed E-state index contributed by atoms with van der Waals surface area (Å²) >= 11 is 0. The molecule has 0 aromatic carbocycles. The SMILES string of the molecule is CPOC(C)C[N+](C)(C)C. The predicted molar refractivity (Wildman–Crippen MR) is 47.7 cm³/mol. The fourth-order valence-corrected chi connectivity index (χ4v) is 1.49. The summed E-state index contributed by atoms with van der Waals surface area (Å²) < 4.78 is 6.41. The van der Waals surface area contributed by atoms with Gasteiger partial charge in [-0.2, -0.15) is 0 Å². The van der Waals surface area contributed by atoms with E-state index in [1.54, 1.807) is 0 Å². The molecule has 0 N–H and O–H groups in total. The van der Waals surface area contributed by atoms with E-state index in [1.807, 2.05) is 0 Å². The Morgan fingerprint density at radius 1 is 1.40 bits per heavy atom. The quantitative estimate of drug-likeness (QED) is 0.450. The number of likely N-dealkylation sites (N-methyl/N-ethyl adjacent to an activating group) is 1. The van der Waals surface area contributed by atoms with Crippen molar-refractivity contribution < 1.29 is 9.01 Å². The van der Waals surface area contributed by atoms with Crippen LogP contribution in [0.3, 0.4) is 0 Å². The van der Waals surface area contributed by atoms with Gasteiger partial charge in [0, 0.05) is 8.81 Å². The van der Waals surface area contributed by atoms with Crippen LogP contribution in [0.2, 0.25) is 0 Å². The zero-order valence-electron chi connectivity index (χ0n) is 7.64. The summed E-state index contributed by atoms with van der Waals surface area (Å²) in [5, 5.41) is 0. The van der Waals surface area contributed by atoms with Crippen LogP contribution in [0, 0.1) is 0 Å². The molecule has 0 rings (SSSR count). The summed E-state index contributed by atoms with van der Waals surface area (Å²) in [4.78, 5) is 0. The zero-order valence-corrected chi connectivity index (χ0v) is 8.64. The number of rotatable bonds is 4. The normalized spacial score (nSPS) is 16.5. The van der Waals surface area contributed by atoms with Crippen molar-refractivity contribution >= 4 is 8.81 Å². The van der Waals surface area contributed by atoms with Crippen LogP contribution in [0.25, 0.3) is 0 Å². The molecule has 0 bridgehead atoms. The highest BCUT2D eigenvalue weighted by Crippen LogP contribution is 2.10. The van der Waals surface area contributed by atoms with Crippen molar-refractivity contribution in [2.24, 2.45) is 0 Å².